The van der Waals surface area contributed by atoms with Crippen molar-refractivity contribution < 1.29 is 23.1 Å². The highest BCUT2D eigenvalue weighted by atomic mass is 19.4. The second-order valence-electron chi connectivity index (χ2n) is 4.40. The Balaban J connectivity index is 2.14. The smallest absolute Gasteiger partial charge is 0.417 e. The maximum Gasteiger partial charge on any atom is 0.417 e. The largest absolute Gasteiger partial charge is 0.508 e. The molecule has 0 aliphatic heterocycles. The molecule has 0 aliphatic carbocycles. The van der Waals surface area contributed by atoms with Crippen LogP contribution in [0.5, 0.6) is 5.75 Å². The lowest BCUT2D eigenvalue weighted by atomic mass is 10.1. The summed E-state index contributed by atoms with van der Waals surface area (Å²) < 4.78 is 38.4. The lowest BCUT2D eigenvalue weighted by Crippen LogP contribution is -2.25. The molecule has 0 radical (unpaired) electrons. The van der Waals surface area contributed by atoms with Crippen LogP contribution in [0.15, 0.2) is 48.5 Å². The molecule has 6 heteroatoms. The number of hydrogen-bond donors (Lipinski definition) is 2. The second kappa shape index (κ2) is 5.87. The first kappa shape index (κ1) is 14.9. The van der Waals surface area contributed by atoms with Gasteiger partial charge >= 0.3 is 6.18 Å². The highest BCUT2D eigenvalue weighted by Gasteiger charge is 2.34. The quantitative estimate of drug-likeness (QED) is 0.912. The molecular weight excluding hydrogens is 283 g/mol. The van der Waals surface area contributed by atoms with Gasteiger partial charge in [0.2, 0.25) is 0 Å². The molecule has 0 unspecified atom stereocenters. The zero-order chi connectivity index (χ0) is 15.5. The van der Waals surface area contributed by atoms with Gasteiger partial charge in [0.05, 0.1) is 11.1 Å². The van der Waals surface area contributed by atoms with E-state index in [2.05, 4.69) is 5.32 Å². The summed E-state index contributed by atoms with van der Waals surface area (Å²) in [6, 6.07) is 10.7. The monoisotopic (exact) mass is 295 g/mol. The van der Waals surface area contributed by atoms with Crippen LogP contribution >= 0.6 is 0 Å². The van der Waals surface area contributed by atoms with Gasteiger partial charge in [-0.1, -0.05) is 24.3 Å². The summed E-state index contributed by atoms with van der Waals surface area (Å²) in [6.45, 7) is 0.0272. The molecule has 0 saturated heterocycles. The van der Waals surface area contributed by atoms with Crippen molar-refractivity contribution >= 4 is 5.91 Å². The molecule has 2 N–H and O–H groups in total. The number of phenolic OH excluding ortho intramolecular Hbond substituents is 1. The van der Waals surface area contributed by atoms with Crippen molar-refractivity contribution in [3.63, 3.8) is 0 Å². The highest BCUT2D eigenvalue weighted by Crippen LogP contribution is 2.31. The second-order valence-corrected chi connectivity index (χ2v) is 4.40. The number of halogens is 3. The minimum atomic E-state index is -4.58. The topological polar surface area (TPSA) is 49.3 Å². The van der Waals surface area contributed by atoms with Gasteiger partial charge in [-0.2, -0.15) is 13.2 Å². The molecule has 110 valence electrons. The third-order valence-corrected chi connectivity index (χ3v) is 2.84. The van der Waals surface area contributed by atoms with E-state index in [1.165, 1.54) is 24.3 Å². The molecule has 0 atom stereocenters. The molecule has 1 amide bonds. The van der Waals surface area contributed by atoms with E-state index in [4.69, 9.17) is 0 Å². The minimum absolute atomic E-state index is 0.0254. The molecule has 0 bridgehead atoms. The number of phenols is 1. The van der Waals surface area contributed by atoms with Crippen molar-refractivity contribution in [3.05, 3.63) is 65.2 Å². The van der Waals surface area contributed by atoms with E-state index in [0.29, 0.717) is 5.56 Å². The Labute approximate surface area is 119 Å². The van der Waals surface area contributed by atoms with E-state index in [9.17, 15) is 23.1 Å². The number of amides is 1. The fourth-order valence-electron chi connectivity index (χ4n) is 1.87. The predicted octanol–water partition coefficient (Wildman–Crippen LogP) is 3.34. The first-order chi connectivity index (χ1) is 9.88. The van der Waals surface area contributed by atoms with Crippen LogP contribution in [-0.4, -0.2) is 11.0 Å². The van der Waals surface area contributed by atoms with Crippen molar-refractivity contribution in [2.45, 2.75) is 12.7 Å². The van der Waals surface area contributed by atoms with E-state index in [1.807, 2.05) is 0 Å². The van der Waals surface area contributed by atoms with Gasteiger partial charge in [-0.25, -0.2) is 0 Å². The Morgan fingerprint density at radius 3 is 2.48 bits per heavy atom. The summed E-state index contributed by atoms with van der Waals surface area (Å²) in [7, 11) is 0. The maximum absolute atomic E-state index is 12.8. The summed E-state index contributed by atoms with van der Waals surface area (Å²) in [5.74, 6) is -0.788. The molecule has 2 rings (SSSR count). The van der Waals surface area contributed by atoms with Crippen LogP contribution in [0.3, 0.4) is 0 Å². The van der Waals surface area contributed by atoms with Gasteiger partial charge in [-0.05, 0) is 29.8 Å². The van der Waals surface area contributed by atoms with Crippen LogP contribution in [0.1, 0.15) is 21.5 Å². The van der Waals surface area contributed by atoms with Gasteiger partial charge in [0, 0.05) is 6.54 Å². The number of nitrogens with one attached hydrogen (secondary N) is 1. The van der Waals surface area contributed by atoms with Crippen LogP contribution in [0, 0.1) is 0 Å². The maximum atomic E-state index is 12.8. The zero-order valence-corrected chi connectivity index (χ0v) is 10.8. The SMILES string of the molecule is O=C(NCc1cccc(O)c1)c1ccccc1C(F)(F)F. The Bertz CT molecular complexity index is 653. The molecule has 0 heterocycles. The van der Waals surface area contributed by atoms with Gasteiger partial charge in [0.1, 0.15) is 5.75 Å². The summed E-state index contributed by atoms with van der Waals surface area (Å²) in [6.07, 6.45) is -4.58. The van der Waals surface area contributed by atoms with E-state index >= 15 is 0 Å². The predicted molar refractivity (Wildman–Crippen MR) is 70.7 cm³/mol. The molecular formula is C15H12F3NO2. The highest BCUT2D eigenvalue weighted by molar-refractivity contribution is 5.95. The van der Waals surface area contributed by atoms with Gasteiger partial charge in [0.25, 0.3) is 5.91 Å². The number of carbonyl (C=O) groups is 1. The Morgan fingerprint density at radius 2 is 1.81 bits per heavy atom. The molecule has 0 aliphatic rings. The van der Waals surface area contributed by atoms with E-state index in [0.717, 1.165) is 12.1 Å². The molecule has 0 spiro atoms. The van der Waals surface area contributed by atoms with Gasteiger partial charge < -0.3 is 10.4 Å². The molecule has 21 heavy (non-hydrogen) atoms. The number of rotatable bonds is 3. The fraction of sp³-hybridized carbons (Fsp3) is 0.133. The van der Waals surface area contributed by atoms with Crippen molar-refractivity contribution in [1.29, 1.82) is 0 Å². The number of carbonyl (C=O) groups excluding carboxylic acids is 1. The molecule has 2 aromatic carbocycles. The zero-order valence-electron chi connectivity index (χ0n) is 10.8. The van der Waals surface area contributed by atoms with Crippen LogP contribution < -0.4 is 5.32 Å². The van der Waals surface area contributed by atoms with Crippen LogP contribution in [0.25, 0.3) is 0 Å². The number of aromatic hydroxyl groups is 1. The Morgan fingerprint density at radius 1 is 1.10 bits per heavy atom. The third kappa shape index (κ3) is 3.75. The van der Waals surface area contributed by atoms with E-state index in [1.54, 1.807) is 12.1 Å². The summed E-state index contributed by atoms with van der Waals surface area (Å²) >= 11 is 0. The average molecular weight is 295 g/mol. The average Bonchev–Trinajstić information content (AvgIpc) is 2.44. The number of hydrogen-bond acceptors (Lipinski definition) is 2. The first-order valence-corrected chi connectivity index (χ1v) is 6.10. The lowest BCUT2D eigenvalue weighted by Gasteiger charge is -2.12. The molecule has 3 nitrogen and oxygen atoms in total. The van der Waals surface area contributed by atoms with Crippen molar-refractivity contribution in [2.75, 3.05) is 0 Å². The van der Waals surface area contributed by atoms with E-state index < -0.39 is 23.2 Å². The number of benzene rings is 2. The van der Waals surface area contributed by atoms with Gasteiger partial charge in [-0.15, -0.1) is 0 Å². The summed E-state index contributed by atoms with van der Waals surface area (Å²) in [5, 5.41) is 11.7. The number of alkyl halides is 3. The first-order valence-electron chi connectivity index (χ1n) is 6.10. The molecule has 0 fully saturated rings. The van der Waals surface area contributed by atoms with Crippen molar-refractivity contribution in [3.8, 4) is 5.75 Å². The fourth-order valence-corrected chi connectivity index (χ4v) is 1.87. The van der Waals surface area contributed by atoms with Crippen molar-refractivity contribution in [2.24, 2.45) is 0 Å². The molecule has 0 saturated carbocycles. The van der Waals surface area contributed by atoms with Crippen LogP contribution in [-0.2, 0) is 12.7 Å². The van der Waals surface area contributed by atoms with E-state index in [-0.39, 0.29) is 12.3 Å². The van der Waals surface area contributed by atoms with Crippen LogP contribution in [0.2, 0.25) is 0 Å². The molecule has 2 aromatic rings. The Kier molecular flexibility index (Phi) is 4.16. The molecule has 0 aromatic heterocycles. The standard InChI is InChI=1S/C15H12F3NO2/c16-15(17,18)13-7-2-1-6-12(13)14(21)19-9-10-4-3-5-11(20)8-10/h1-8,20H,9H2,(H,19,21). The normalized spacial score (nSPS) is 11.2. The summed E-state index contributed by atoms with van der Waals surface area (Å²) in [4.78, 5) is 11.9. The van der Waals surface area contributed by atoms with Gasteiger partial charge in [0.15, 0.2) is 0 Å². The summed E-state index contributed by atoms with van der Waals surface area (Å²) in [5.41, 5.74) is -0.809. The van der Waals surface area contributed by atoms with Gasteiger partial charge in [-0.3, -0.25) is 4.79 Å². The van der Waals surface area contributed by atoms with Crippen LogP contribution in [0.4, 0.5) is 13.2 Å². The van der Waals surface area contributed by atoms with Crippen molar-refractivity contribution in [1.82, 2.24) is 5.32 Å². The Hall–Kier alpha value is -2.50. The third-order valence-electron chi connectivity index (χ3n) is 2.84. The lowest BCUT2D eigenvalue weighted by molar-refractivity contribution is -0.137. The minimum Gasteiger partial charge on any atom is -0.508 e.